The van der Waals surface area contributed by atoms with Gasteiger partial charge in [-0.2, -0.15) is 0 Å². The number of carbonyl (C=O) groups excluding carboxylic acids is 2. The van der Waals surface area contributed by atoms with Gasteiger partial charge in [0.1, 0.15) is 4.88 Å². The second-order valence-corrected chi connectivity index (χ2v) is 7.82. The fourth-order valence-electron chi connectivity index (χ4n) is 3.64. The van der Waals surface area contributed by atoms with Crippen LogP contribution in [-0.2, 0) is 4.79 Å². The van der Waals surface area contributed by atoms with Crippen LogP contribution in [0.25, 0.3) is 0 Å². The summed E-state index contributed by atoms with van der Waals surface area (Å²) in [6, 6.07) is 0. The Labute approximate surface area is 140 Å². The summed E-state index contributed by atoms with van der Waals surface area (Å²) in [5.41, 5.74) is 0.726. The SMILES string of the molecule is Cc1nc(C)c(C(=O)N2CCN(C)C3(CCNC(=O)CC3)C2)s1. The number of thiazole rings is 1. The molecule has 2 amide bonds. The largest absolute Gasteiger partial charge is 0.356 e. The van der Waals surface area contributed by atoms with Crippen LogP contribution in [0.4, 0.5) is 0 Å². The second kappa shape index (κ2) is 6.20. The van der Waals surface area contributed by atoms with E-state index in [2.05, 4.69) is 22.2 Å². The van der Waals surface area contributed by atoms with Gasteiger partial charge < -0.3 is 10.2 Å². The Balaban J connectivity index is 1.81. The van der Waals surface area contributed by atoms with Crippen LogP contribution >= 0.6 is 11.3 Å². The number of amides is 2. The first-order chi connectivity index (χ1) is 10.9. The van der Waals surface area contributed by atoms with Gasteiger partial charge in [0.25, 0.3) is 5.91 Å². The maximum absolute atomic E-state index is 12.9. The molecule has 2 fully saturated rings. The molecule has 6 nitrogen and oxygen atoms in total. The van der Waals surface area contributed by atoms with Crippen molar-refractivity contribution in [1.29, 1.82) is 0 Å². The molecule has 3 heterocycles. The Morgan fingerprint density at radius 2 is 2.09 bits per heavy atom. The topological polar surface area (TPSA) is 65.5 Å². The average molecular weight is 336 g/mol. The first-order valence-corrected chi connectivity index (χ1v) is 8.94. The van der Waals surface area contributed by atoms with Crippen LogP contribution in [0.5, 0.6) is 0 Å². The Kier molecular flexibility index (Phi) is 4.42. The van der Waals surface area contributed by atoms with Crippen molar-refractivity contribution in [3.8, 4) is 0 Å². The zero-order valence-electron chi connectivity index (χ0n) is 14.0. The molecule has 1 atom stereocenters. The highest BCUT2D eigenvalue weighted by Crippen LogP contribution is 2.31. The fourth-order valence-corrected chi connectivity index (χ4v) is 4.53. The van der Waals surface area contributed by atoms with Crippen molar-refractivity contribution in [3.63, 3.8) is 0 Å². The number of hydrogen-bond donors (Lipinski definition) is 1. The molecule has 1 aromatic rings. The minimum atomic E-state index is -0.0965. The van der Waals surface area contributed by atoms with Gasteiger partial charge in [-0.05, 0) is 33.7 Å². The van der Waals surface area contributed by atoms with E-state index in [-0.39, 0.29) is 17.4 Å². The van der Waals surface area contributed by atoms with E-state index in [1.807, 2.05) is 18.7 Å². The Morgan fingerprint density at radius 1 is 1.30 bits per heavy atom. The Bertz CT molecular complexity index is 630. The zero-order valence-corrected chi connectivity index (χ0v) is 14.8. The van der Waals surface area contributed by atoms with Crippen molar-refractivity contribution in [1.82, 2.24) is 20.1 Å². The molecule has 0 saturated carbocycles. The molecule has 0 bridgehead atoms. The maximum Gasteiger partial charge on any atom is 0.265 e. The van der Waals surface area contributed by atoms with Gasteiger partial charge in [-0.1, -0.05) is 0 Å². The fraction of sp³-hybridized carbons (Fsp3) is 0.688. The van der Waals surface area contributed by atoms with E-state index in [1.165, 1.54) is 11.3 Å². The van der Waals surface area contributed by atoms with Gasteiger partial charge in [-0.15, -0.1) is 11.3 Å². The highest BCUT2D eigenvalue weighted by Gasteiger charge is 2.42. The summed E-state index contributed by atoms with van der Waals surface area (Å²) in [4.78, 5) is 34.0. The van der Waals surface area contributed by atoms with E-state index < -0.39 is 0 Å². The number of aromatic nitrogens is 1. The number of rotatable bonds is 1. The van der Waals surface area contributed by atoms with E-state index in [0.29, 0.717) is 19.5 Å². The number of likely N-dealkylation sites (N-methyl/N-ethyl adjacent to an activating group) is 1. The van der Waals surface area contributed by atoms with E-state index >= 15 is 0 Å². The predicted molar refractivity (Wildman–Crippen MR) is 89.7 cm³/mol. The van der Waals surface area contributed by atoms with Crippen LogP contribution in [-0.4, -0.2) is 65.4 Å². The summed E-state index contributed by atoms with van der Waals surface area (Å²) in [5.74, 6) is 0.205. The van der Waals surface area contributed by atoms with Crippen molar-refractivity contribution < 1.29 is 9.59 Å². The van der Waals surface area contributed by atoms with E-state index in [0.717, 1.165) is 41.5 Å². The third-order valence-corrected chi connectivity index (χ3v) is 6.18. The second-order valence-electron chi connectivity index (χ2n) is 6.62. The lowest BCUT2D eigenvalue weighted by atomic mass is 9.86. The molecule has 3 rings (SSSR count). The van der Waals surface area contributed by atoms with Gasteiger partial charge in [-0.3, -0.25) is 14.5 Å². The van der Waals surface area contributed by atoms with Crippen LogP contribution < -0.4 is 5.32 Å². The third-order valence-electron chi connectivity index (χ3n) is 5.12. The minimum Gasteiger partial charge on any atom is -0.356 e. The van der Waals surface area contributed by atoms with Crippen LogP contribution in [0, 0.1) is 13.8 Å². The standard InChI is InChI=1S/C16H24N4O2S/c1-11-14(23-12(2)18-11)15(22)20-9-8-19(3)16(10-20)5-4-13(21)17-7-6-16/h4-10H2,1-3H3,(H,17,21). The average Bonchev–Trinajstić information content (AvgIpc) is 2.73. The van der Waals surface area contributed by atoms with Gasteiger partial charge in [0.05, 0.1) is 10.7 Å². The van der Waals surface area contributed by atoms with Crippen LogP contribution in [0.3, 0.4) is 0 Å². The van der Waals surface area contributed by atoms with E-state index in [4.69, 9.17) is 0 Å². The molecule has 2 saturated heterocycles. The summed E-state index contributed by atoms with van der Waals surface area (Å²) < 4.78 is 0. The molecule has 1 unspecified atom stereocenters. The summed E-state index contributed by atoms with van der Waals surface area (Å²) in [5, 5.41) is 3.88. The van der Waals surface area contributed by atoms with Gasteiger partial charge >= 0.3 is 0 Å². The van der Waals surface area contributed by atoms with Crippen LogP contribution in [0.2, 0.25) is 0 Å². The quantitative estimate of drug-likeness (QED) is 0.836. The van der Waals surface area contributed by atoms with Crippen LogP contribution in [0.1, 0.15) is 39.6 Å². The molecule has 1 aromatic heterocycles. The zero-order chi connectivity index (χ0) is 16.6. The van der Waals surface area contributed by atoms with Crippen molar-refractivity contribution in [2.75, 3.05) is 33.2 Å². The number of piperazine rings is 1. The number of hydrogen-bond acceptors (Lipinski definition) is 5. The highest BCUT2D eigenvalue weighted by molar-refractivity contribution is 7.13. The summed E-state index contributed by atoms with van der Waals surface area (Å²) >= 11 is 1.47. The van der Waals surface area contributed by atoms with E-state index in [1.54, 1.807) is 0 Å². The minimum absolute atomic E-state index is 0.0871. The monoisotopic (exact) mass is 336 g/mol. The normalized spacial score (nSPS) is 26.2. The molecule has 1 N–H and O–H groups in total. The molecule has 7 heteroatoms. The predicted octanol–water partition coefficient (Wildman–Crippen LogP) is 1.19. The molecule has 2 aliphatic heterocycles. The van der Waals surface area contributed by atoms with Crippen LogP contribution in [0.15, 0.2) is 0 Å². The molecule has 126 valence electrons. The first-order valence-electron chi connectivity index (χ1n) is 8.12. The molecule has 23 heavy (non-hydrogen) atoms. The number of aryl methyl sites for hydroxylation is 2. The van der Waals surface area contributed by atoms with Gasteiger partial charge in [-0.25, -0.2) is 4.98 Å². The molecule has 0 radical (unpaired) electrons. The number of nitrogens with zero attached hydrogens (tertiary/aromatic N) is 3. The molecule has 0 aliphatic carbocycles. The van der Waals surface area contributed by atoms with Gasteiger partial charge in [0.15, 0.2) is 0 Å². The third kappa shape index (κ3) is 3.12. The smallest absolute Gasteiger partial charge is 0.265 e. The van der Waals surface area contributed by atoms with E-state index in [9.17, 15) is 9.59 Å². The van der Waals surface area contributed by atoms with Gasteiger partial charge in [0, 0.05) is 38.1 Å². The van der Waals surface area contributed by atoms with Crippen molar-refractivity contribution in [2.24, 2.45) is 0 Å². The number of nitrogens with one attached hydrogen (secondary N) is 1. The first kappa shape index (κ1) is 16.4. The lowest BCUT2D eigenvalue weighted by Gasteiger charge is -2.49. The van der Waals surface area contributed by atoms with Crippen molar-refractivity contribution in [3.05, 3.63) is 15.6 Å². The molecule has 2 aliphatic rings. The van der Waals surface area contributed by atoms with Crippen molar-refractivity contribution in [2.45, 2.75) is 38.6 Å². The number of carbonyl (C=O) groups is 2. The molecular weight excluding hydrogens is 312 g/mol. The molecule has 0 aromatic carbocycles. The Hall–Kier alpha value is -1.47. The summed E-state index contributed by atoms with van der Waals surface area (Å²) in [6.45, 7) is 6.78. The summed E-state index contributed by atoms with van der Waals surface area (Å²) in [7, 11) is 2.11. The van der Waals surface area contributed by atoms with Crippen molar-refractivity contribution >= 4 is 23.2 Å². The lowest BCUT2D eigenvalue weighted by Crippen LogP contribution is -2.62. The lowest BCUT2D eigenvalue weighted by molar-refractivity contribution is -0.121. The molecule has 1 spiro atoms. The van der Waals surface area contributed by atoms with Gasteiger partial charge in [0.2, 0.25) is 5.91 Å². The molecular formula is C16H24N4O2S. The summed E-state index contributed by atoms with van der Waals surface area (Å²) in [6.07, 6.45) is 2.23. The maximum atomic E-state index is 12.9. The highest BCUT2D eigenvalue weighted by atomic mass is 32.1. The Morgan fingerprint density at radius 3 is 2.78 bits per heavy atom.